The van der Waals surface area contributed by atoms with Crippen LogP contribution >= 0.6 is 0 Å². The molecule has 0 aliphatic rings. The number of amides is 1. The first-order valence-corrected chi connectivity index (χ1v) is 7.66. The van der Waals surface area contributed by atoms with Gasteiger partial charge in [-0.3, -0.25) is 4.79 Å². The van der Waals surface area contributed by atoms with Crippen molar-refractivity contribution in [3.05, 3.63) is 35.9 Å². The van der Waals surface area contributed by atoms with Crippen LogP contribution in [0.5, 0.6) is 0 Å². The molecule has 0 aliphatic heterocycles. The summed E-state index contributed by atoms with van der Waals surface area (Å²) in [5.74, 6) is 0.0445. The Labute approximate surface area is 129 Å². The molecule has 1 unspecified atom stereocenters. The highest BCUT2D eigenvalue weighted by Crippen LogP contribution is 2.29. The number of benzene rings is 1. The minimum Gasteiger partial charge on any atom is -0.348 e. The van der Waals surface area contributed by atoms with Crippen molar-refractivity contribution < 1.29 is 4.79 Å². The fourth-order valence-electron chi connectivity index (χ4n) is 2.14. The summed E-state index contributed by atoms with van der Waals surface area (Å²) in [6.45, 7) is 13.1. The Kier molecular flexibility index (Phi) is 5.97. The van der Waals surface area contributed by atoms with E-state index in [0.29, 0.717) is 6.54 Å². The van der Waals surface area contributed by atoms with Crippen molar-refractivity contribution in [3.63, 3.8) is 0 Å². The second-order valence-corrected chi connectivity index (χ2v) is 7.90. The molecule has 0 fully saturated rings. The molecule has 0 spiro atoms. The van der Waals surface area contributed by atoms with Gasteiger partial charge in [0.2, 0.25) is 5.91 Å². The Morgan fingerprint density at radius 1 is 1.05 bits per heavy atom. The van der Waals surface area contributed by atoms with Crippen molar-refractivity contribution in [2.75, 3.05) is 6.54 Å². The van der Waals surface area contributed by atoms with Crippen LogP contribution in [0.25, 0.3) is 0 Å². The molecule has 1 atom stereocenters. The molecule has 2 N–H and O–H groups in total. The van der Waals surface area contributed by atoms with E-state index in [1.807, 2.05) is 18.2 Å². The van der Waals surface area contributed by atoms with Crippen molar-refractivity contribution in [2.24, 2.45) is 5.41 Å². The molecule has 1 amide bonds. The highest BCUT2D eigenvalue weighted by molar-refractivity contribution is 5.78. The van der Waals surface area contributed by atoms with Crippen LogP contribution in [0.2, 0.25) is 0 Å². The van der Waals surface area contributed by atoms with Crippen molar-refractivity contribution >= 4 is 5.91 Å². The maximum absolute atomic E-state index is 12.2. The van der Waals surface area contributed by atoms with E-state index in [1.54, 1.807) is 0 Å². The molecular weight excluding hydrogens is 260 g/mol. The first-order valence-electron chi connectivity index (χ1n) is 7.66. The molecule has 21 heavy (non-hydrogen) atoms. The third-order valence-electron chi connectivity index (χ3n) is 3.13. The number of hydrogen-bond acceptors (Lipinski definition) is 2. The Balaban J connectivity index is 2.72. The molecule has 1 rings (SSSR count). The lowest BCUT2D eigenvalue weighted by Crippen LogP contribution is -2.44. The molecule has 0 saturated carbocycles. The molecule has 0 bridgehead atoms. The van der Waals surface area contributed by atoms with Gasteiger partial charge in [0.15, 0.2) is 0 Å². The SMILES string of the molecule is CC(C)(C)CC(NC(=O)CNC(C)(C)C)c1ccccc1. The predicted octanol–water partition coefficient (Wildman–Crippen LogP) is 3.67. The van der Waals surface area contributed by atoms with Gasteiger partial charge in [-0.1, -0.05) is 51.1 Å². The minimum absolute atomic E-state index is 0.0445. The lowest BCUT2D eigenvalue weighted by molar-refractivity contribution is -0.121. The summed E-state index contributed by atoms with van der Waals surface area (Å²) in [5, 5.41) is 6.39. The maximum atomic E-state index is 12.2. The lowest BCUT2D eigenvalue weighted by Gasteiger charge is -2.28. The first-order chi connectivity index (χ1) is 9.57. The van der Waals surface area contributed by atoms with E-state index in [0.717, 1.165) is 12.0 Å². The number of carbonyl (C=O) groups is 1. The largest absolute Gasteiger partial charge is 0.348 e. The number of carbonyl (C=O) groups excluding carboxylic acids is 1. The van der Waals surface area contributed by atoms with Gasteiger partial charge in [0.05, 0.1) is 12.6 Å². The van der Waals surface area contributed by atoms with Gasteiger partial charge >= 0.3 is 0 Å². The molecule has 0 heterocycles. The van der Waals surface area contributed by atoms with E-state index in [1.165, 1.54) is 0 Å². The van der Waals surface area contributed by atoms with E-state index in [2.05, 4.69) is 64.3 Å². The zero-order valence-corrected chi connectivity index (χ0v) is 14.3. The fraction of sp³-hybridized carbons (Fsp3) is 0.611. The van der Waals surface area contributed by atoms with Crippen molar-refractivity contribution in [3.8, 4) is 0 Å². The van der Waals surface area contributed by atoms with Crippen LogP contribution in [-0.4, -0.2) is 18.0 Å². The summed E-state index contributed by atoms with van der Waals surface area (Å²) in [4.78, 5) is 12.2. The van der Waals surface area contributed by atoms with Gasteiger partial charge < -0.3 is 10.6 Å². The Bertz CT molecular complexity index is 441. The first kappa shape index (κ1) is 17.7. The highest BCUT2D eigenvalue weighted by atomic mass is 16.2. The van der Waals surface area contributed by atoms with Gasteiger partial charge in [-0.15, -0.1) is 0 Å². The number of rotatable bonds is 5. The van der Waals surface area contributed by atoms with E-state index in [4.69, 9.17) is 0 Å². The summed E-state index contributed by atoms with van der Waals surface area (Å²) < 4.78 is 0. The normalized spacial score (nSPS) is 13.8. The maximum Gasteiger partial charge on any atom is 0.234 e. The number of hydrogen-bond donors (Lipinski definition) is 2. The second-order valence-electron chi connectivity index (χ2n) is 7.90. The Morgan fingerprint density at radius 2 is 1.62 bits per heavy atom. The molecule has 0 saturated heterocycles. The molecule has 118 valence electrons. The third kappa shape index (κ3) is 7.86. The van der Waals surface area contributed by atoms with Gasteiger partial charge in [0.25, 0.3) is 0 Å². The Hall–Kier alpha value is -1.35. The van der Waals surface area contributed by atoms with Gasteiger partial charge in [-0.2, -0.15) is 0 Å². The van der Waals surface area contributed by atoms with Crippen molar-refractivity contribution in [2.45, 2.75) is 59.5 Å². The van der Waals surface area contributed by atoms with Crippen LogP contribution in [0.1, 0.15) is 59.6 Å². The molecule has 3 heteroatoms. The quantitative estimate of drug-likeness (QED) is 0.868. The summed E-state index contributed by atoms with van der Waals surface area (Å²) in [6, 6.07) is 10.2. The van der Waals surface area contributed by atoms with E-state index < -0.39 is 0 Å². The zero-order valence-electron chi connectivity index (χ0n) is 14.3. The average Bonchev–Trinajstić information content (AvgIpc) is 2.34. The van der Waals surface area contributed by atoms with Crippen LogP contribution in [0.4, 0.5) is 0 Å². The zero-order chi connectivity index (χ0) is 16.1. The van der Waals surface area contributed by atoms with Crippen LogP contribution in [-0.2, 0) is 4.79 Å². The molecule has 0 aromatic heterocycles. The fourth-order valence-corrected chi connectivity index (χ4v) is 2.14. The average molecular weight is 290 g/mol. The lowest BCUT2D eigenvalue weighted by atomic mass is 9.85. The van der Waals surface area contributed by atoms with Crippen LogP contribution in [0, 0.1) is 5.41 Å². The smallest absolute Gasteiger partial charge is 0.234 e. The molecule has 0 radical (unpaired) electrons. The van der Waals surface area contributed by atoms with Crippen molar-refractivity contribution in [1.29, 1.82) is 0 Å². The van der Waals surface area contributed by atoms with Crippen LogP contribution < -0.4 is 10.6 Å². The summed E-state index contributed by atoms with van der Waals surface area (Å²) in [6.07, 6.45) is 0.915. The third-order valence-corrected chi connectivity index (χ3v) is 3.13. The topological polar surface area (TPSA) is 41.1 Å². The molecule has 1 aromatic rings. The van der Waals surface area contributed by atoms with Gasteiger partial charge in [0, 0.05) is 5.54 Å². The summed E-state index contributed by atoms with van der Waals surface area (Å²) in [5.41, 5.74) is 1.27. The number of nitrogens with one attached hydrogen (secondary N) is 2. The van der Waals surface area contributed by atoms with Crippen LogP contribution in [0.3, 0.4) is 0 Å². The molecule has 3 nitrogen and oxygen atoms in total. The standard InChI is InChI=1S/C18H30N2O/c1-17(2,3)12-15(14-10-8-7-9-11-14)20-16(21)13-19-18(4,5)6/h7-11,15,19H,12-13H2,1-6H3,(H,20,21). The highest BCUT2D eigenvalue weighted by Gasteiger charge is 2.22. The summed E-state index contributed by atoms with van der Waals surface area (Å²) in [7, 11) is 0. The molecule has 1 aromatic carbocycles. The van der Waals surface area contributed by atoms with E-state index in [-0.39, 0.29) is 22.9 Å². The van der Waals surface area contributed by atoms with Gasteiger partial charge in [-0.25, -0.2) is 0 Å². The second kappa shape index (κ2) is 7.08. The van der Waals surface area contributed by atoms with Gasteiger partial charge in [0.1, 0.15) is 0 Å². The summed E-state index contributed by atoms with van der Waals surface area (Å²) >= 11 is 0. The molecule has 0 aliphatic carbocycles. The van der Waals surface area contributed by atoms with E-state index in [9.17, 15) is 4.79 Å². The Morgan fingerprint density at radius 3 is 2.10 bits per heavy atom. The predicted molar refractivity (Wildman–Crippen MR) is 89.2 cm³/mol. The minimum atomic E-state index is -0.0520. The van der Waals surface area contributed by atoms with E-state index >= 15 is 0 Å². The van der Waals surface area contributed by atoms with Gasteiger partial charge in [-0.05, 0) is 38.2 Å². The molecular formula is C18H30N2O. The monoisotopic (exact) mass is 290 g/mol. The van der Waals surface area contributed by atoms with Crippen molar-refractivity contribution in [1.82, 2.24) is 10.6 Å². The van der Waals surface area contributed by atoms with Crippen LogP contribution in [0.15, 0.2) is 30.3 Å².